The lowest BCUT2D eigenvalue weighted by Gasteiger charge is -2.33. The van der Waals surface area contributed by atoms with Crippen LogP contribution < -0.4 is 4.90 Å². The Morgan fingerprint density at radius 3 is 1.06 bits per heavy atom. The average molecular weight is 788 g/mol. The van der Waals surface area contributed by atoms with Crippen molar-refractivity contribution in [1.29, 1.82) is 0 Å². The van der Waals surface area contributed by atoms with E-state index in [1.165, 1.54) is 89.0 Å². The largest absolute Gasteiger partial charge is 0.310 e. The van der Waals surface area contributed by atoms with E-state index in [0.29, 0.717) is 0 Å². The van der Waals surface area contributed by atoms with Gasteiger partial charge in [-0.15, -0.1) is 0 Å². The molecule has 2 aliphatic carbocycles. The Morgan fingerprint density at radius 1 is 0.226 bits per heavy atom. The second kappa shape index (κ2) is 14.6. The number of nitrogens with zero attached hydrogens (tertiary/aromatic N) is 1. The topological polar surface area (TPSA) is 3.24 Å². The molecule has 0 aromatic heterocycles. The van der Waals surface area contributed by atoms with Crippen LogP contribution in [0.2, 0.25) is 0 Å². The van der Waals surface area contributed by atoms with E-state index in [-0.39, 0.29) is 0 Å². The van der Waals surface area contributed by atoms with Crippen LogP contribution in [0.1, 0.15) is 22.3 Å². The Kier molecular flexibility index (Phi) is 8.47. The maximum absolute atomic E-state index is 2.41. The molecular weight excluding hydrogens is 747 g/mol. The van der Waals surface area contributed by atoms with Gasteiger partial charge in [0.1, 0.15) is 0 Å². The first-order chi connectivity index (χ1) is 30.8. The molecule has 10 aromatic carbocycles. The van der Waals surface area contributed by atoms with Gasteiger partial charge in [0.05, 0.1) is 5.41 Å². The monoisotopic (exact) mass is 787 g/mol. The fourth-order valence-electron chi connectivity index (χ4n) is 10.5. The lowest BCUT2D eigenvalue weighted by molar-refractivity contribution is 0.796. The summed E-state index contributed by atoms with van der Waals surface area (Å²) in [6.07, 6.45) is 0. The van der Waals surface area contributed by atoms with Gasteiger partial charge in [0.15, 0.2) is 0 Å². The van der Waals surface area contributed by atoms with Gasteiger partial charge in [0, 0.05) is 17.1 Å². The van der Waals surface area contributed by atoms with Gasteiger partial charge in [-0.3, -0.25) is 0 Å². The van der Waals surface area contributed by atoms with E-state index in [0.717, 1.165) is 17.1 Å². The molecular formula is C61H41N. The molecule has 0 saturated carbocycles. The molecule has 1 spiro atoms. The Bertz CT molecular complexity index is 3110. The van der Waals surface area contributed by atoms with Crippen molar-refractivity contribution < 1.29 is 0 Å². The Balaban J connectivity index is 1.08. The molecule has 1 heteroatoms. The normalized spacial score (nSPS) is 12.6. The van der Waals surface area contributed by atoms with Gasteiger partial charge in [-0.2, -0.15) is 0 Å². The summed E-state index contributed by atoms with van der Waals surface area (Å²) in [6.45, 7) is 0. The number of hydrogen-bond acceptors (Lipinski definition) is 1. The molecule has 0 N–H and O–H groups in total. The minimum absolute atomic E-state index is 0.463. The van der Waals surface area contributed by atoms with Gasteiger partial charge >= 0.3 is 0 Å². The van der Waals surface area contributed by atoms with Crippen LogP contribution in [0.15, 0.2) is 249 Å². The fraction of sp³-hybridized carbons (Fsp3) is 0.0164. The first kappa shape index (κ1) is 35.9. The van der Waals surface area contributed by atoms with Gasteiger partial charge in [-0.1, -0.05) is 212 Å². The van der Waals surface area contributed by atoms with E-state index < -0.39 is 5.41 Å². The molecule has 0 amide bonds. The molecule has 290 valence electrons. The molecule has 10 aromatic rings. The standard InChI is InChI=1S/C61H41N/c1-4-17-42(18-5-1)44-31-35-47(36-32-44)62(48-37-33-45(34-38-48)43-19-6-2-7-20-43)49-39-40-50(56(41-49)46-21-8-3-9-22-46)54-26-16-27-55-53-25-12-15-30-59(53)61(60(54)55)57-28-13-10-23-51(57)52-24-11-14-29-58(52)61/h1-41H. The molecule has 2 aliphatic rings. The molecule has 0 aliphatic heterocycles. The molecule has 62 heavy (non-hydrogen) atoms. The highest BCUT2D eigenvalue weighted by atomic mass is 15.1. The van der Waals surface area contributed by atoms with Crippen molar-refractivity contribution in [2.75, 3.05) is 4.90 Å². The van der Waals surface area contributed by atoms with Crippen molar-refractivity contribution in [3.8, 4) is 66.8 Å². The van der Waals surface area contributed by atoms with Crippen LogP contribution in [0.3, 0.4) is 0 Å². The fourth-order valence-corrected chi connectivity index (χ4v) is 10.5. The van der Waals surface area contributed by atoms with Gasteiger partial charge < -0.3 is 4.90 Å². The van der Waals surface area contributed by atoms with Crippen LogP contribution in [0, 0.1) is 0 Å². The Hall–Kier alpha value is -8.00. The molecule has 0 bridgehead atoms. The van der Waals surface area contributed by atoms with Crippen LogP contribution in [0.4, 0.5) is 17.1 Å². The number of anilines is 3. The maximum atomic E-state index is 2.41. The van der Waals surface area contributed by atoms with Crippen molar-refractivity contribution in [2.24, 2.45) is 0 Å². The SMILES string of the molecule is c1ccc(-c2ccc(N(c3ccc(-c4ccccc4)cc3)c3ccc(-c4cccc5c4C4(c6ccccc6-c6ccccc64)c4ccccc4-5)c(-c4ccccc4)c3)cc2)cc1. The predicted octanol–water partition coefficient (Wildman–Crippen LogP) is 16.2. The van der Waals surface area contributed by atoms with Gasteiger partial charge in [0.25, 0.3) is 0 Å². The summed E-state index contributed by atoms with van der Waals surface area (Å²) in [5.41, 5.74) is 23.1. The summed E-state index contributed by atoms with van der Waals surface area (Å²) in [4.78, 5) is 2.40. The van der Waals surface area contributed by atoms with Crippen LogP contribution in [-0.4, -0.2) is 0 Å². The third-order valence-corrected chi connectivity index (χ3v) is 13.1. The van der Waals surface area contributed by atoms with Gasteiger partial charge in [-0.25, -0.2) is 0 Å². The maximum Gasteiger partial charge on any atom is 0.0731 e. The zero-order chi connectivity index (χ0) is 41.0. The lowest BCUT2D eigenvalue weighted by Crippen LogP contribution is -2.26. The lowest BCUT2D eigenvalue weighted by atomic mass is 9.68. The quantitative estimate of drug-likeness (QED) is 0.155. The van der Waals surface area contributed by atoms with E-state index in [2.05, 4.69) is 254 Å². The molecule has 0 unspecified atom stereocenters. The number of benzene rings is 10. The van der Waals surface area contributed by atoms with Crippen LogP contribution in [0.5, 0.6) is 0 Å². The minimum atomic E-state index is -0.463. The molecule has 0 radical (unpaired) electrons. The molecule has 0 atom stereocenters. The summed E-state index contributed by atoms with van der Waals surface area (Å²) < 4.78 is 0. The molecule has 12 rings (SSSR count). The van der Waals surface area contributed by atoms with Crippen LogP contribution in [-0.2, 0) is 5.41 Å². The van der Waals surface area contributed by atoms with E-state index in [9.17, 15) is 0 Å². The minimum Gasteiger partial charge on any atom is -0.310 e. The Morgan fingerprint density at radius 2 is 0.581 bits per heavy atom. The highest BCUT2D eigenvalue weighted by molar-refractivity contribution is 6.01. The predicted molar refractivity (Wildman–Crippen MR) is 259 cm³/mol. The van der Waals surface area contributed by atoms with E-state index in [1.807, 2.05) is 0 Å². The van der Waals surface area contributed by atoms with Crippen molar-refractivity contribution in [3.05, 3.63) is 271 Å². The van der Waals surface area contributed by atoms with Crippen molar-refractivity contribution in [3.63, 3.8) is 0 Å². The molecule has 1 nitrogen and oxygen atoms in total. The van der Waals surface area contributed by atoms with E-state index >= 15 is 0 Å². The van der Waals surface area contributed by atoms with E-state index in [1.54, 1.807) is 0 Å². The first-order valence-electron chi connectivity index (χ1n) is 21.5. The van der Waals surface area contributed by atoms with E-state index in [4.69, 9.17) is 0 Å². The number of rotatable bonds is 7. The second-order valence-electron chi connectivity index (χ2n) is 16.4. The molecule has 0 saturated heterocycles. The third kappa shape index (κ3) is 5.56. The van der Waals surface area contributed by atoms with Crippen molar-refractivity contribution >= 4 is 17.1 Å². The van der Waals surface area contributed by atoms with Crippen molar-refractivity contribution in [2.45, 2.75) is 5.41 Å². The summed E-state index contributed by atoms with van der Waals surface area (Å²) >= 11 is 0. The second-order valence-corrected chi connectivity index (χ2v) is 16.4. The highest BCUT2D eigenvalue weighted by Crippen LogP contribution is 2.64. The zero-order valence-electron chi connectivity index (χ0n) is 34.1. The zero-order valence-corrected chi connectivity index (χ0v) is 34.1. The summed E-state index contributed by atoms with van der Waals surface area (Å²) in [7, 11) is 0. The van der Waals surface area contributed by atoms with Crippen molar-refractivity contribution in [1.82, 2.24) is 0 Å². The molecule has 0 heterocycles. The Labute approximate surface area is 363 Å². The van der Waals surface area contributed by atoms with Gasteiger partial charge in [-0.05, 0) is 125 Å². The van der Waals surface area contributed by atoms with Crippen LogP contribution in [0.25, 0.3) is 66.8 Å². The number of hydrogen-bond donors (Lipinski definition) is 0. The summed E-state index contributed by atoms with van der Waals surface area (Å²) in [6, 6.07) is 91.4. The van der Waals surface area contributed by atoms with Gasteiger partial charge in [0.2, 0.25) is 0 Å². The summed E-state index contributed by atoms with van der Waals surface area (Å²) in [5, 5.41) is 0. The number of fused-ring (bicyclic) bond motifs is 10. The van der Waals surface area contributed by atoms with Crippen LogP contribution >= 0.6 is 0 Å². The third-order valence-electron chi connectivity index (χ3n) is 13.1. The smallest absolute Gasteiger partial charge is 0.0731 e. The molecule has 0 fully saturated rings. The average Bonchev–Trinajstić information content (AvgIpc) is 3.83. The first-order valence-corrected chi connectivity index (χ1v) is 21.5. The highest BCUT2D eigenvalue weighted by Gasteiger charge is 2.52. The summed E-state index contributed by atoms with van der Waals surface area (Å²) in [5.74, 6) is 0.